The highest BCUT2D eigenvalue weighted by Crippen LogP contribution is 2.14. The van der Waals surface area contributed by atoms with Gasteiger partial charge in [0, 0.05) is 24.6 Å². The van der Waals surface area contributed by atoms with Crippen LogP contribution in [0.15, 0.2) is 4.99 Å². The van der Waals surface area contributed by atoms with E-state index < -0.39 is 5.41 Å². The maximum Gasteiger partial charge on any atom is 0.191 e. The van der Waals surface area contributed by atoms with Crippen LogP contribution in [0.25, 0.3) is 0 Å². The van der Waals surface area contributed by atoms with Gasteiger partial charge in [0.15, 0.2) is 5.96 Å². The van der Waals surface area contributed by atoms with Crippen molar-refractivity contribution < 1.29 is 0 Å². The molecule has 0 unspecified atom stereocenters. The molecule has 0 aromatic heterocycles. The Labute approximate surface area is 119 Å². The Kier molecular flexibility index (Phi) is 7.15. The van der Waals surface area contributed by atoms with Gasteiger partial charge >= 0.3 is 0 Å². The van der Waals surface area contributed by atoms with Crippen LogP contribution in [0.1, 0.15) is 13.8 Å². The van der Waals surface area contributed by atoms with Crippen LogP contribution in [0.2, 0.25) is 0 Å². The summed E-state index contributed by atoms with van der Waals surface area (Å²) in [6.07, 6.45) is 0. The molecule has 1 saturated heterocycles. The van der Waals surface area contributed by atoms with E-state index in [0.717, 1.165) is 24.6 Å². The lowest BCUT2D eigenvalue weighted by atomic mass is 9.96. The average molecular weight is 354 g/mol. The van der Waals surface area contributed by atoms with Crippen LogP contribution in [0.3, 0.4) is 0 Å². The maximum absolute atomic E-state index is 8.84. The summed E-state index contributed by atoms with van der Waals surface area (Å²) in [4.78, 5) is 6.37. The highest BCUT2D eigenvalue weighted by atomic mass is 127. The zero-order chi connectivity index (χ0) is 11.3. The van der Waals surface area contributed by atoms with Gasteiger partial charge in [-0.3, -0.25) is 4.99 Å². The first-order valence-electron chi connectivity index (χ1n) is 5.09. The summed E-state index contributed by atoms with van der Waals surface area (Å²) in [7, 11) is 0. The maximum atomic E-state index is 8.84. The quantitative estimate of drug-likeness (QED) is 0.464. The van der Waals surface area contributed by atoms with E-state index in [1.54, 1.807) is 0 Å². The van der Waals surface area contributed by atoms with Crippen LogP contribution in [0.4, 0.5) is 0 Å². The zero-order valence-corrected chi connectivity index (χ0v) is 12.9. The Morgan fingerprint density at radius 2 is 2.06 bits per heavy atom. The van der Waals surface area contributed by atoms with Crippen LogP contribution in [0.5, 0.6) is 0 Å². The van der Waals surface area contributed by atoms with Gasteiger partial charge in [-0.2, -0.15) is 17.0 Å². The molecular formula is C10H19IN4S. The number of hydrogen-bond donors (Lipinski definition) is 1. The van der Waals surface area contributed by atoms with Crippen LogP contribution < -0.4 is 5.73 Å². The molecule has 0 saturated carbocycles. The number of halogens is 1. The molecule has 0 spiro atoms. The van der Waals surface area contributed by atoms with Gasteiger partial charge in [0.05, 0.1) is 18.0 Å². The Morgan fingerprint density at radius 3 is 2.56 bits per heavy atom. The number of nitriles is 1. The smallest absolute Gasteiger partial charge is 0.191 e. The number of hydrogen-bond acceptors (Lipinski definition) is 3. The van der Waals surface area contributed by atoms with Gasteiger partial charge < -0.3 is 10.6 Å². The van der Waals surface area contributed by atoms with Crippen LogP contribution in [-0.2, 0) is 0 Å². The minimum atomic E-state index is -0.421. The third kappa shape index (κ3) is 5.25. The van der Waals surface area contributed by atoms with E-state index in [0.29, 0.717) is 12.5 Å². The fourth-order valence-electron chi connectivity index (χ4n) is 1.21. The molecule has 0 aromatic carbocycles. The topological polar surface area (TPSA) is 65.4 Å². The SMILES string of the molecule is CC(C)(C#N)CN=C(N)N1CCSCC1.I. The summed E-state index contributed by atoms with van der Waals surface area (Å²) in [6.45, 7) is 6.14. The van der Waals surface area contributed by atoms with Crippen molar-refractivity contribution in [2.75, 3.05) is 31.1 Å². The van der Waals surface area contributed by atoms with E-state index in [4.69, 9.17) is 11.0 Å². The second-order valence-corrected chi connectivity index (χ2v) is 5.49. The van der Waals surface area contributed by atoms with Gasteiger partial charge in [0.2, 0.25) is 0 Å². The summed E-state index contributed by atoms with van der Waals surface area (Å²) in [5, 5.41) is 8.84. The van der Waals surface area contributed by atoms with E-state index >= 15 is 0 Å². The Bertz CT molecular complexity index is 279. The number of nitrogens with two attached hydrogens (primary N) is 1. The molecule has 1 fully saturated rings. The van der Waals surface area contributed by atoms with Gasteiger partial charge in [-0.05, 0) is 13.8 Å². The fraction of sp³-hybridized carbons (Fsp3) is 0.800. The summed E-state index contributed by atoms with van der Waals surface area (Å²) >= 11 is 1.94. The van der Waals surface area contributed by atoms with Gasteiger partial charge in [0.25, 0.3) is 0 Å². The van der Waals surface area contributed by atoms with E-state index in [1.807, 2.05) is 25.6 Å². The molecule has 0 aliphatic carbocycles. The lowest BCUT2D eigenvalue weighted by Gasteiger charge is -2.27. The third-order valence-corrected chi connectivity index (χ3v) is 3.22. The summed E-state index contributed by atoms with van der Waals surface area (Å²) in [5.74, 6) is 2.80. The molecule has 2 N–H and O–H groups in total. The molecule has 1 rings (SSSR count). The highest BCUT2D eigenvalue weighted by molar-refractivity contribution is 14.0. The molecule has 16 heavy (non-hydrogen) atoms. The van der Waals surface area contributed by atoms with Gasteiger partial charge in [0.1, 0.15) is 0 Å². The molecule has 1 aliphatic heterocycles. The number of thioether (sulfide) groups is 1. The molecular weight excluding hydrogens is 335 g/mol. The molecule has 0 bridgehead atoms. The minimum absolute atomic E-state index is 0. The molecule has 0 amide bonds. The van der Waals surface area contributed by atoms with E-state index in [9.17, 15) is 0 Å². The van der Waals surface area contributed by atoms with Crippen LogP contribution in [0, 0.1) is 16.7 Å². The molecule has 92 valence electrons. The number of nitrogens with zero attached hydrogens (tertiary/aromatic N) is 3. The zero-order valence-electron chi connectivity index (χ0n) is 9.77. The molecule has 1 heterocycles. The molecule has 0 radical (unpaired) electrons. The Hall–Kier alpha value is -0.160. The summed E-state index contributed by atoms with van der Waals surface area (Å²) in [6, 6.07) is 2.21. The van der Waals surface area contributed by atoms with Crippen molar-refractivity contribution >= 4 is 41.7 Å². The van der Waals surface area contributed by atoms with E-state index in [1.165, 1.54) is 0 Å². The number of rotatable bonds is 2. The first-order chi connectivity index (χ1) is 7.05. The van der Waals surface area contributed by atoms with Gasteiger partial charge in [-0.1, -0.05) is 0 Å². The summed E-state index contributed by atoms with van der Waals surface area (Å²) in [5.41, 5.74) is 5.45. The van der Waals surface area contributed by atoms with Crippen LogP contribution in [-0.4, -0.2) is 42.0 Å². The first kappa shape index (κ1) is 15.8. The lowest BCUT2D eigenvalue weighted by Crippen LogP contribution is -2.43. The molecule has 0 aromatic rings. The van der Waals surface area contributed by atoms with Gasteiger partial charge in [-0.15, -0.1) is 24.0 Å². The van der Waals surface area contributed by atoms with Crippen molar-refractivity contribution in [3.05, 3.63) is 0 Å². The number of aliphatic imine (C=N–C) groups is 1. The molecule has 1 aliphatic rings. The predicted octanol–water partition coefficient (Wildman–Crippen LogP) is 1.52. The normalized spacial score (nSPS) is 17.6. The van der Waals surface area contributed by atoms with Crippen molar-refractivity contribution in [3.8, 4) is 6.07 Å². The lowest BCUT2D eigenvalue weighted by molar-refractivity contribution is 0.446. The first-order valence-corrected chi connectivity index (χ1v) is 6.24. The minimum Gasteiger partial charge on any atom is -0.370 e. The standard InChI is InChI=1S/C10H18N4S.HI/c1-10(2,7-11)8-13-9(12)14-3-5-15-6-4-14;/h3-6,8H2,1-2H3,(H2,12,13);1H. The highest BCUT2D eigenvalue weighted by Gasteiger charge is 2.17. The van der Waals surface area contributed by atoms with Crippen molar-refractivity contribution in [3.63, 3.8) is 0 Å². The second-order valence-electron chi connectivity index (χ2n) is 4.27. The Morgan fingerprint density at radius 1 is 1.50 bits per heavy atom. The van der Waals surface area contributed by atoms with Crippen LogP contribution >= 0.6 is 35.7 Å². The van der Waals surface area contributed by atoms with E-state index in [-0.39, 0.29) is 24.0 Å². The largest absolute Gasteiger partial charge is 0.370 e. The number of guanidine groups is 1. The molecule has 4 nitrogen and oxygen atoms in total. The van der Waals surface area contributed by atoms with E-state index in [2.05, 4.69) is 16.0 Å². The predicted molar refractivity (Wildman–Crippen MR) is 80.2 cm³/mol. The average Bonchev–Trinajstić information content (AvgIpc) is 2.27. The Balaban J connectivity index is 0.00000225. The monoisotopic (exact) mass is 354 g/mol. The molecule has 6 heteroatoms. The second kappa shape index (κ2) is 7.22. The van der Waals surface area contributed by atoms with Gasteiger partial charge in [-0.25, -0.2) is 0 Å². The van der Waals surface area contributed by atoms with Crippen molar-refractivity contribution in [2.45, 2.75) is 13.8 Å². The fourth-order valence-corrected chi connectivity index (χ4v) is 2.11. The summed E-state index contributed by atoms with van der Waals surface area (Å²) < 4.78 is 0. The molecule has 0 atom stereocenters. The van der Waals surface area contributed by atoms with Crippen molar-refractivity contribution in [2.24, 2.45) is 16.1 Å². The third-order valence-electron chi connectivity index (χ3n) is 2.27. The van der Waals surface area contributed by atoms with Crippen molar-refractivity contribution in [1.29, 1.82) is 5.26 Å². The van der Waals surface area contributed by atoms with Crippen molar-refractivity contribution in [1.82, 2.24) is 4.90 Å².